The van der Waals surface area contributed by atoms with Crippen molar-refractivity contribution >= 4 is 27.5 Å². The number of rotatable bonds is 5. The number of aromatic nitrogens is 2. The smallest absolute Gasteiger partial charge is 0.333 e. The first-order chi connectivity index (χ1) is 14.0. The van der Waals surface area contributed by atoms with Gasteiger partial charge in [0.15, 0.2) is 0 Å². The summed E-state index contributed by atoms with van der Waals surface area (Å²) in [5, 5.41) is 4.53. The molecule has 4 aromatic rings. The maximum atomic E-state index is 12.9. The van der Waals surface area contributed by atoms with Gasteiger partial charge in [0.1, 0.15) is 10.5 Å². The van der Waals surface area contributed by atoms with Crippen LogP contribution >= 0.6 is 11.3 Å². The van der Waals surface area contributed by atoms with E-state index in [1.54, 1.807) is 47.8 Å². The zero-order valence-electron chi connectivity index (χ0n) is 15.1. The highest BCUT2D eigenvalue weighted by atomic mass is 32.1. The summed E-state index contributed by atoms with van der Waals surface area (Å²) in [6.45, 7) is 0.308. The average Bonchev–Trinajstić information content (AvgIpc) is 3.17. The Bertz CT molecular complexity index is 1290. The Hall–Kier alpha value is -3.52. The Kier molecular flexibility index (Phi) is 5.09. The first kappa shape index (κ1) is 18.8. The first-order valence-corrected chi connectivity index (χ1v) is 9.72. The van der Waals surface area contributed by atoms with Crippen LogP contribution < -0.4 is 16.6 Å². The number of nitrogens with one attached hydrogen (secondary N) is 2. The van der Waals surface area contributed by atoms with Gasteiger partial charge in [-0.2, -0.15) is 0 Å². The molecule has 2 aromatic heterocycles. The van der Waals surface area contributed by atoms with Crippen molar-refractivity contribution in [3.05, 3.63) is 97.8 Å². The number of fused-ring (bicyclic) bond motifs is 1. The summed E-state index contributed by atoms with van der Waals surface area (Å²) in [6.07, 6.45) is 0.149. The second-order valence-electron chi connectivity index (χ2n) is 6.48. The molecule has 6 nitrogen and oxygen atoms in total. The van der Waals surface area contributed by atoms with E-state index in [4.69, 9.17) is 0 Å². The predicted molar refractivity (Wildman–Crippen MR) is 110 cm³/mol. The number of halogens is 1. The molecule has 29 heavy (non-hydrogen) atoms. The van der Waals surface area contributed by atoms with Crippen LogP contribution in [0.1, 0.15) is 11.1 Å². The van der Waals surface area contributed by atoms with Gasteiger partial charge < -0.3 is 10.3 Å². The van der Waals surface area contributed by atoms with Crippen molar-refractivity contribution in [2.24, 2.45) is 0 Å². The lowest BCUT2D eigenvalue weighted by atomic mass is 10.1. The summed E-state index contributed by atoms with van der Waals surface area (Å²) in [4.78, 5) is 39.7. The summed E-state index contributed by atoms with van der Waals surface area (Å²) in [7, 11) is 0. The maximum Gasteiger partial charge on any atom is 0.333 e. The number of aromatic amines is 1. The molecule has 4 rings (SSSR count). The second-order valence-corrected chi connectivity index (χ2v) is 7.40. The van der Waals surface area contributed by atoms with Crippen LogP contribution in [0.3, 0.4) is 0 Å². The summed E-state index contributed by atoms with van der Waals surface area (Å²) in [6, 6.07) is 14.3. The van der Waals surface area contributed by atoms with Crippen LogP contribution in [-0.2, 0) is 17.8 Å². The summed E-state index contributed by atoms with van der Waals surface area (Å²) in [5.41, 5.74) is 1.62. The lowest BCUT2D eigenvalue weighted by molar-refractivity contribution is -0.120. The fourth-order valence-electron chi connectivity index (χ4n) is 2.99. The van der Waals surface area contributed by atoms with E-state index >= 15 is 0 Å². The fraction of sp³-hybridized carbons (Fsp3) is 0.0952. The third kappa shape index (κ3) is 4.02. The molecule has 2 heterocycles. The average molecular weight is 409 g/mol. The van der Waals surface area contributed by atoms with Crippen LogP contribution in [0.4, 0.5) is 4.39 Å². The molecule has 0 atom stereocenters. The second kappa shape index (κ2) is 7.84. The molecule has 0 fully saturated rings. The van der Waals surface area contributed by atoms with E-state index in [0.29, 0.717) is 22.4 Å². The van der Waals surface area contributed by atoms with E-state index in [2.05, 4.69) is 10.3 Å². The first-order valence-electron chi connectivity index (χ1n) is 8.84. The van der Waals surface area contributed by atoms with Gasteiger partial charge in [-0.25, -0.2) is 13.8 Å². The van der Waals surface area contributed by atoms with E-state index < -0.39 is 5.69 Å². The number of carbonyl (C=O) groups excluding carboxylic acids is 1. The molecule has 0 radical (unpaired) electrons. The molecule has 2 aromatic carbocycles. The molecule has 0 bridgehead atoms. The largest absolute Gasteiger partial charge is 0.352 e. The fourth-order valence-corrected chi connectivity index (χ4v) is 3.76. The van der Waals surface area contributed by atoms with Gasteiger partial charge in [-0.3, -0.25) is 9.59 Å². The minimum atomic E-state index is -0.509. The molecule has 2 N–H and O–H groups in total. The quantitative estimate of drug-likeness (QED) is 0.532. The van der Waals surface area contributed by atoms with Crippen LogP contribution in [-0.4, -0.2) is 15.5 Å². The number of carbonyl (C=O) groups is 1. The van der Waals surface area contributed by atoms with Crippen molar-refractivity contribution in [2.75, 3.05) is 0 Å². The van der Waals surface area contributed by atoms with Gasteiger partial charge in [0.25, 0.3) is 5.56 Å². The van der Waals surface area contributed by atoms with E-state index in [1.807, 2.05) is 0 Å². The summed E-state index contributed by atoms with van der Waals surface area (Å²) in [5.74, 6) is -0.506. The van der Waals surface area contributed by atoms with Gasteiger partial charge in [-0.1, -0.05) is 24.3 Å². The highest BCUT2D eigenvalue weighted by Gasteiger charge is 2.11. The number of hydrogen-bond acceptors (Lipinski definition) is 4. The van der Waals surface area contributed by atoms with Crippen molar-refractivity contribution in [2.45, 2.75) is 13.0 Å². The van der Waals surface area contributed by atoms with E-state index in [9.17, 15) is 18.8 Å². The van der Waals surface area contributed by atoms with Gasteiger partial charge in [0, 0.05) is 6.54 Å². The van der Waals surface area contributed by atoms with Gasteiger partial charge >= 0.3 is 5.69 Å². The highest BCUT2D eigenvalue weighted by Crippen LogP contribution is 2.14. The summed E-state index contributed by atoms with van der Waals surface area (Å²) < 4.78 is 14.5. The Morgan fingerprint density at radius 1 is 1.00 bits per heavy atom. The Balaban J connectivity index is 1.47. The topological polar surface area (TPSA) is 84.0 Å². The number of thiophene rings is 1. The lowest BCUT2D eigenvalue weighted by Crippen LogP contribution is -2.33. The number of H-pyrrole nitrogens is 1. The van der Waals surface area contributed by atoms with Crippen LogP contribution in [0, 0.1) is 5.82 Å². The molecular weight excluding hydrogens is 393 g/mol. The van der Waals surface area contributed by atoms with Crippen molar-refractivity contribution in [1.82, 2.24) is 14.9 Å². The van der Waals surface area contributed by atoms with Crippen molar-refractivity contribution in [3.63, 3.8) is 0 Å². The molecule has 146 valence electrons. The Morgan fingerprint density at radius 3 is 2.41 bits per heavy atom. The highest BCUT2D eigenvalue weighted by molar-refractivity contribution is 7.17. The van der Waals surface area contributed by atoms with E-state index in [1.165, 1.54) is 23.5 Å². The van der Waals surface area contributed by atoms with Crippen LogP contribution in [0.2, 0.25) is 0 Å². The third-order valence-corrected chi connectivity index (χ3v) is 5.37. The third-order valence-electron chi connectivity index (χ3n) is 4.47. The van der Waals surface area contributed by atoms with E-state index in [0.717, 1.165) is 15.7 Å². The molecule has 1 amide bonds. The monoisotopic (exact) mass is 409 g/mol. The maximum absolute atomic E-state index is 12.9. The van der Waals surface area contributed by atoms with Crippen LogP contribution in [0.5, 0.6) is 0 Å². The Labute approximate surface area is 168 Å². The number of nitrogens with zero attached hydrogens (tertiary/aromatic N) is 1. The van der Waals surface area contributed by atoms with Gasteiger partial charge in [0.05, 0.1) is 17.6 Å². The number of hydrogen-bond donors (Lipinski definition) is 2. The number of amides is 1. The molecule has 0 saturated carbocycles. The lowest BCUT2D eigenvalue weighted by Gasteiger charge is -2.08. The molecular formula is C21H16FN3O3S. The Morgan fingerprint density at radius 2 is 1.69 bits per heavy atom. The SMILES string of the molecule is O=C(Cc1ccc(-n2c(=O)[nH]c3ccsc3c2=O)cc1)NCc1ccc(F)cc1. The zero-order valence-corrected chi connectivity index (χ0v) is 16.0. The van der Waals surface area contributed by atoms with Crippen LogP contribution in [0.15, 0.2) is 69.6 Å². The van der Waals surface area contributed by atoms with Gasteiger partial charge in [-0.05, 0) is 46.8 Å². The van der Waals surface area contributed by atoms with Crippen molar-refractivity contribution in [3.8, 4) is 5.69 Å². The standard InChI is InChI=1S/C21H16FN3O3S/c22-15-5-1-14(2-6-15)12-23-18(26)11-13-3-7-16(8-4-13)25-20(27)19-17(9-10-29-19)24-21(25)28/h1-10H,11-12H2,(H,23,26)(H,24,28). The minimum Gasteiger partial charge on any atom is -0.352 e. The minimum absolute atomic E-state index is 0.149. The molecule has 0 saturated heterocycles. The van der Waals surface area contributed by atoms with Crippen molar-refractivity contribution < 1.29 is 9.18 Å². The van der Waals surface area contributed by atoms with E-state index in [-0.39, 0.29) is 23.7 Å². The van der Waals surface area contributed by atoms with Gasteiger partial charge in [0.2, 0.25) is 5.91 Å². The molecule has 0 aliphatic heterocycles. The molecule has 8 heteroatoms. The number of benzene rings is 2. The van der Waals surface area contributed by atoms with Crippen molar-refractivity contribution in [1.29, 1.82) is 0 Å². The van der Waals surface area contributed by atoms with Gasteiger partial charge in [-0.15, -0.1) is 11.3 Å². The van der Waals surface area contributed by atoms with Crippen LogP contribution in [0.25, 0.3) is 15.9 Å². The molecule has 0 aliphatic rings. The molecule has 0 spiro atoms. The molecule has 0 unspecified atom stereocenters. The molecule has 0 aliphatic carbocycles. The normalized spacial score (nSPS) is 10.9. The zero-order chi connectivity index (χ0) is 20.4. The predicted octanol–water partition coefficient (Wildman–Crippen LogP) is 2.74. The summed E-state index contributed by atoms with van der Waals surface area (Å²) >= 11 is 1.27.